The van der Waals surface area contributed by atoms with Crippen LogP contribution in [0.5, 0.6) is 0 Å². The number of guanidine groups is 1. The van der Waals surface area contributed by atoms with Gasteiger partial charge in [-0.1, -0.05) is 6.07 Å². The number of hydrogen-bond acceptors (Lipinski definition) is 2. The zero-order valence-electron chi connectivity index (χ0n) is 11.8. The molecule has 0 spiro atoms. The lowest BCUT2D eigenvalue weighted by Crippen LogP contribution is -2.36. The van der Waals surface area contributed by atoms with Gasteiger partial charge in [0, 0.05) is 25.0 Å². The number of imidazole rings is 1. The van der Waals surface area contributed by atoms with Crippen molar-refractivity contribution in [3.63, 3.8) is 0 Å². The number of aromatic nitrogens is 2. The maximum atomic E-state index is 4.57. The molecule has 0 aromatic carbocycles. The Morgan fingerprint density at radius 2 is 2.00 bits per heavy atom. The van der Waals surface area contributed by atoms with Crippen LogP contribution in [0.25, 0.3) is 5.65 Å². The van der Waals surface area contributed by atoms with Crippen molar-refractivity contribution in [2.24, 2.45) is 4.99 Å². The SMILES string of the molecule is CCNC(=NCc1cn2c(C)cccc2n1)NCC. The van der Waals surface area contributed by atoms with Gasteiger partial charge in [0.05, 0.1) is 12.2 Å². The van der Waals surface area contributed by atoms with E-state index in [1.54, 1.807) is 0 Å². The van der Waals surface area contributed by atoms with Gasteiger partial charge >= 0.3 is 0 Å². The molecule has 5 heteroatoms. The molecule has 102 valence electrons. The van der Waals surface area contributed by atoms with E-state index in [1.165, 1.54) is 5.69 Å². The monoisotopic (exact) mass is 259 g/mol. The molecule has 0 aliphatic rings. The third-order valence-corrected chi connectivity index (χ3v) is 2.83. The van der Waals surface area contributed by atoms with Gasteiger partial charge in [0.25, 0.3) is 0 Å². The topological polar surface area (TPSA) is 53.7 Å². The lowest BCUT2D eigenvalue weighted by atomic mass is 10.4. The van der Waals surface area contributed by atoms with Crippen molar-refractivity contribution in [1.29, 1.82) is 0 Å². The predicted molar refractivity (Wildman–Crippen MR) is 78.4 cm³/mol. The molecule has 0 saturated heterocycles. The van der Waals surface area contributed by atoms with E-state index < -0.39 is 0 Å². The van der Waals surface area contributed by atoms with Gasteiger partial charge in [-0.05, 0) is 32.9 Å². The highest BCUT2D eigenvalue weighted by molar-refractivity contribution is 5.79. The highest BCUT2D eigenvalue weighted by Gasteiger charge is 2.03. The highest BCUT2D eigenvalue weighted by atomic mass is 15.2. The Bertz CT molecular complexity index is 562. The Kier molecular flexibility index (Phi) is 4.39. The predicted octanol–water partition coefficient (Wildman–Crippen LogP) is 1.72. The standard InChI is InChI=1S/C14H21N5/c1-4-15-14(16-5-2)17-9-12-10-19-11(3)7-6-8-13(19)18-12/h6-8,10H,4-5,9H2,1-3H3,(H2,15,16,17). The van der Waals surface area contributed by atoms with Crippen LogP contribution in [0, 0.1) is 6.92 Å². The summed E-state index contributed by atoms with van der Waals surface area (Å²) in [5.41, 5.74) is 3.13. The van der Waals surface area contributed by atoms with Gasteiger partial charge in [-0.15, -0.1) is 0 Å². The molecule has 2 aromatic rings. The van der Waals surface area contributed by atoms with E-state index in [0.29, 0.717) is 6.54 Å². The maximum Gasteiger partial charge on any atom is 0.191 e. The van der Waals surface area contributed by atoms with Gasteiger partial charge in [0.2, 0.25) is 0 Å². The second kappa shape index (κ2) is 6.22. The minimum absolute atomic E-state index is 0.580. The molecule has 0 saturated carbocycles. The number of fused-ring (bicyclic) bond motifs is 1. The molecule has 0 atom stereocenters. The van der Waals surface area contributed by atoms with Gasteiger partial charge in [0.1, 0.15) is 5.65 Å². The summed E-state index contributed by atoms with van der Waals surface area (Å²) in [6.45, 7) is 8.48. The number of rotatable bonds is 4. The number of aliphatic imine (C=N–C) groups is 1. The van der Waals surface area contributed by atoms with Crippen LogP contribution in [-0.4, -0.2) is 28.4 Å². The molecular weight excluding hydrogens is 238 g/mol. The zero-order chi connectivity index (χ0) is 13.7. The third-order valence-electron chi connectivity index (χ3n) is 2.83. The van der Waals surface area contributed by atoms with Crippen molar-refractivity contribution in [2.45, 2.75) is 27.3 Å². The summed E-state index contributed by atoms with van der Waals surface area (Å²) in [4.78, 5) is 9.08. The van der Waals surface area contributed by atoms with Gasteiger partial charge in [0.15, 0.2) is 5.96 Å². The highest BCUT2D eigenvalue weighted by Crippen LogP contribution is 2.08. The Labute approximate surface area is 113 Å². The Morgan fingerprint density at radius 1 is 1.26 bits per heavy atom. The van der Waals surface area contributed by atoms with Crippen molar-refractivity contribution in [2.75, 3.05) is 13.1 Å². The molecule has 0 amide bonds. The molecule has 2 heterocycles. The molecule has 2 aromatic heterocycles. The Morgan fingerprint density at radius 3 is 2.63 bits per heavy atom. The molecule has 0 bridgehead atoms. The summed E-state index contributed by atoms with van der Waals surface area (Å²) >= 11 is 0. The lowest BCUT2D eigenvalue weighted by Gasteiger charge is -2.08. The van der Waals surface area contributed by atoms with Gasteiger partial charge in [-0.25, -0.2) is 9.98 Å². The molecule has 0 unspecified atom stereocenters. The molecule has 0 fully saturated rings. The minimum Gasteiger partial charge on any atom is -0.357 e. The van der Waals surface area contributed by atoms with Gasteiger partial charge in [-0.2, -0.15) is 0 Å². The van der Waals surface area contributed by atoms with Crippen LogP contribution < -0.4 is 10.6 Å². The lowest BCUT2D eigenvalue weighted by molar-refractivity contribution is 0.835. The van der Waals surface area contributed by atoms with Crippen molar-refractivity contribution >= 4 is 11.6 Å². The second-order valence-electron chi connectivity index (χ2n) is 4.35. The van der Waals surface area contributed by atoms with Crippen LogP contribution in [0.2, 0.25) is 0 Å². The normalized spacial score (nSPS) is 10.5. The number of pyridine rings is 1. The Balaban J connectivity index is 2.16. The summed E-state index contributed by atoms with van der Waals surface area (Å²) in [7, 11) is 0. The summed E-state index contributed by atoms with van der Waals surface area (Å²) in [6, 6.07) is 6.10. The van der Waals surface area contributed by atoms with E-state index >= 15 is 0 Å². The summed E-state index contributed by atoms with van der Waals surface area (Å²) in [6.07, 6.45) is 2.05. The van der Waals surface area contributed by atoms with E-state index in [1.807, 2.05) is 18.3 Å². The summed E-state index contributed by atoms with van der Waals surface area (Å²) in [5.74, 6) is 0.832. The van der Waals surface area contributed by atoms with Crippen molar-refractivity contribution in [3.05, 3.63) is 35.8 Å². The molecule has 2 N–H and O–H groups in total. The average Bonchev–Trinajstić information content (AvgIpc) is 2.81. The van der Waals surface area contributed by atoms with Crippen molar-refractivity contribution < 1.29 is 0 Å². The maximum absolute atomic E-state index is 4.57. The first kappa shape index (κ1) is 13.4. The fourth-order valence-corrected chi connectivity index (χ4v) is 1.94. The molecule has 0 radical (unpaired) electrons. The van der Waals surface area contributed by atoms with E-state index in [-0.39, 0.29) is 0 Å². The van der Waals surface area contributed by atoms with Crippen LogP contribution in [0.4, 0.5) is 0 Å². The molecule has 0 aliphatic carbocycles. The summed E-state index contributed by atoms with van der Waals surface area (Å²) < 4.78 is 2.09. The van der Waals surface area contributed by atoms with E-state index in [0.717, 1.165) is 30.4 Å². The summed E-state index contributed by atoms with van der Waals surface area (Å²) in [5, 5.41) is 6.41. The van der Waals surface area contributed by atoms with Gasteiger partial charge in [-0.3, -0.25) is 0 Å². The largest absolute Gasteiger partial charge is 0.357 e. The van der Waals surface area contributed by atoms with Crippen LogP contribution in [0.15, 0.2) is 29.4 Å². The molecular formula is C14H21N5. The smallest absolute Gasteiger partial charge is 0.191 e. The third kappa shape index (κ3) is 3.24. The first-order valence-corrected chi connectivity index (χ1v) is 6.70. The van der Waals surface area contributed by atoms with Crippen LogP contribution in [0.3, 0.4) is 0 Å². The van der Waals surface area contributed by atoms with Crippen LogP contribution >= 0.6 is 0 Å². The number of hydrogen-bond donors (Lipinski definition) is 2. The molecule has 5 nitrogen and oxygen atoms in total. The van der Waals surface area contributed by atoms with Gasteiger partial charge < -0.3 is 15.0 Å². The van der Waals surface area contributed by atoms with Crippen LogP contribution in [0.1, 0.15) is 25.2 Å². The molecule has 2 rings (SSSR count). The van der Waals surface area contributed by atoms with E-state index in [4.69, 9.17) is 0 Å². The van der Waals surface area contributed by atoms with Crippen molar-refractivity contribution in [1.82, 2.24) is 20.0 Å². The average molecular weight is 259 g/mol. The van der Waals surface area contributed by atoms with E-state index in [9.17, 15) is 0 Å². The first-order valence-electron chi connectivity index (χ1n) is 6.70. The number of nitrogens with one attached hydrogen (secondary N) is 2. The zero-order valence-corrected chi connectivity index (χ0v) is 11.8. The minimum atomic E-state index is 0.580. The Hall–Kier alpha value is -2.04. The van der Waals surface area contributed by atoms with Crippen molar-refractivity contribution in [3.8, 4) is 0 Å². The number of nitrogens with zero attached hydrogens (tertiary/aromatic N) is 3. The van der Waals surface area contributed by atoms with Crippen LogP contribution in [-0.2, 0) is 6.54 Å². The quantitative estimate of drug-likeness (QED) is 0.649. The molecule has 19 heavy (non-hydrogen) atoms. The molecule has 0 aliphatic heterocycles. The fraction of sp³-hybridized carbons (Fsp3) is 0.429. The van der Waals surface area contributed by atoms with E-state index in [2.05, 4.69) is 51.8 Å². The fourth-order valence-electron chi connectivity index (χ4n) is 1.94. The first-order chi connectivity index (χ1) is 9.24. The number of aryl methyl sites for hydroxylation is 1. The second-order valence-corrected chi connectivity index (χ2v) is 4.35.